The van der Waals surface area contributed by atoms with Crippen LogP contribution < -0.4 is 5.32 Å². The number of hydrogen-bond acceptors (Lipinski definition) is 4. The predicted molar refractivity (Wildman–Crippen MR) is 89.4 cm³/mol. The van der Waals surface area contributed by atoms with Crippen molar-refractivity contribution < 1.29 is 14.7 Å². The van der Waals surface area contributed by atoms with E-state index in [0.717, 1.165) is 6.54 Å². The molecule has 128 valence electrons. The molecule has 6 heteroatoms. The van der Waals surface area contributed by atoms with Crippen LogP contribution in [-0.2, 0) is 4.79 Å². The van der Waals surface area contributed by atoms with Gasteiger partial charge in [-0.3, -0.25) is 9.59 Å². The van der Waals surface area contributed by atoms with Gasteiger partial charge in [0.2, 0.25) is 0 Å². The molecule has 0 unspecified atom stereocenters. The molecule has 0 aromatic heterocycles. The fraction of sp³-hybridized carbons (Fsp3) is 0.500. The lowest BCUT2D eigenvalue weighted by Gasteiger charge is -2.23. The summed E-state index contributed by atoms with van der Waals surface area (Å²) in [4.78, 5) is 25.3. The van der Waals surface area contributed by atoms with Crippen LogP contribution in [0.3, 0.4) is 0 Å². The van der Waals surface area contributed by atoms with Gasteiger partial charge in [0.1, 0.15) is 0 Å². The Morgan fingerprint density at radius 3 is 2.54 bits per heavy atom. The SMILES string of the molecule is CC(C)[C@H]1CN(CCC(=O)O)C[C@@H]1NC(=O)c1ccc(C#N)cc1. The molecule has 1 aliphatic heterocycles. The zero-order valence-electron chi connectivity index (χ0n) is 14.0. The van der Waals surface area contributed by atoms with Gasteiger partial charge in [0, 0.05) is 31.2 Å². The first-order valence-electron chi connectivity index (χ1n) is 8.16. The zero-order valence-corrected chi connectivity index (χ0v) is 14.0. The number of nitrogens with one attached hydrogen (secondary N) is 1. The molecular weight excluding hydrogens is 306 g/mol. The number of carboxylic acids is 1. The monoisotopic (exact) mass is 329 g/mol. The zero-order chi connectivity index (χ0) is 17.7. The largest absolute Gasteiger partial charge is 0.481 e. The van der Waals surface area contributed by atoms with Crippen LogP contribution in [0, 0.1) is 23.2 Å². The molecule has 2 N–H and O–H groups in total. The van der Waals surface area contributed by atoms with E-state index in [4.69, 9.17) is 10.4 Å². The quantitative estimate of drug-likeness (QED) is 0.829. The Morgan fingerprint density at radius 1 is 1.33 bits per heavy atom. The van der Waals surface area contributed by atoms with Crippen LogP contribution in [0.1, 0.15) is 36.2 Å². The van der Waals surface area contributed by atoms with Crippen molar-refractivity contribution in [3.05, 3.63) is 35.4 Å². The average molecular weight is 329 g/mol. The number of benzene rings is 1. The maximum absolute atomic E-state index is 12.4. The van der Waals surface area contributed by atoms with Crippen LogP contribution >= 0.6 is 0 Å². The summed E-state index contributed by atoms with van der Waals surface area (Å²) in [5, 5.41) is 20.7. The van der Waals surface area contributed by atoms with Crippen LogP contribution in [0.4, 0.5) is 0 Å². The van der Waals surface area contributed by atoms with Crippen LogP contribution in [0.5, 0.6) is 0 Å². The minimum atomic E-state index is -0.804. The van der Waals surface area contributed by atoms with Gasteiger partial charge >= 0.3 is 5.97 Å². The Hall–Kier alpha value is -2.39. The molecule has 0 aliphatic carbocycles. The number of nitrogens with zero attached hydrogens (tertiary/aromatic N) is 2. The van der Waals surface area contributed by atoms with E-state index in [2.05, 4.69) is 24.1 Å². The lowest BCUT2D eigenvalue weighted by Crippen LogP contribution is -2.42. The van der Waals surface area contributed by atoms with Crippen LogP contribution in [0.25, 0.3) is 0 Å². The smallest absolute Gasteiger partial charge is 0.304 e. The van der Waals surface area contributed by atoms with E-state index >= 15 is 0 Å². The molecule has 0 saturated carbocycles. The molecule has 0 spiro atoms. The molecular formula is C18H23N3O3. The third-order valence-corrected chi connectivity index (χ3v) is 4.53. The standard InChI is InChI=1S/C18H23N3O3/c1-12(2)15-10-21(8-7-17(22)23)11-16(15)20-18(24)14-5-3-13(9-19)4-6-14/h3-6,12,15-16H,7-8,10-11H2,1-2H3,(H,20,24)(H,22,23)/t15-,16+/m1/s1. The summed E-state index contributed by atoms with van der Waals surface area (Å²) in [7, 11) is 0. The van der Waals surface area contributed by atoms with Gasteiger partial charge < -0.3 is 15.3 Å². The van der Waals surface area contributed by atoms with E-state index in [1.54, 1.807) is 24.3 Å². The Labute approximate surface area is 142 Å². The third-order valence-electron chi connectivity index (χ3n) is 4.53. The first kappa shape index (κ1) is 18.0. The fourth-order valence-corrected chi connectivity index (χ4v) is 3.13. The molecule has 1 amide bonds. The maximum Gasteiger partial charge on any atom is 0.304 e. The van der Waals surface area contributed by atoms with Crippen molar-refractivity contribution in [3.63, 3.8) is 0 Å². The van der Waals surface area contributed by atoms with Gasteiger partial charge in [-0.15, -0.1) is 0 Å². The summed E-state index contributed by atoms with van der Waals surface area (Å²) < 4.78 is 0. The van der Waals surface area contributed by atoms with Crippen LogP contribution in [0.15, 0.2) is 24.3 Å². The number of carboxylic acid groups (broad SMARTS) is 1. The number of rotatable bonds is 6. The minimum Gasteiger partial charge on any atom is -0.481 e. The van der Waals surface area contributed by atoms with Crippen molar-refractivity contribution in [1.29, 1.82) is 5.26 Å². The number of nitriles is 1. The van der Waals surface area contributed by atoms with Crippen molar-refractivity contribution in [2.24, 2.45) is 11.8 Å². The number of carbonyl (C=O) groups excluding carboxylic acids is 1. The van der Waals surface area contributed by atoms with Crippen LogP contribution in [-0.4, -0.2) is 47.6 Å². The Balaban J connectivity index is 2.01. The lowest BCUT2D eigenvalue weighted by molar-refractivity contribution is -0.137. The highest BCUT2D eigenvalue weighted by molar-refractivity contribution is 5.94. The molecule has 1 heterocycles. The molecule has 2 atom stereocenters. The summed E-state index contributed by atoms with van der Waals surface area (Å²) in [5.41, 5.74) is 1.05. The van der Waals surface area contributed by atoms with Crippen molar-refractivity contribution in [1.82, 2.24) is 10.2 Å². The minimum absolute atomic E-state index is 0.00179. The number of carbonyl (C=O) groups is 2. The van der Waals surface area contributed by atoms with Gasteiger partial charge in [-0.1, -0.05) is 13.8 Å². The Bertz CT molecular complexity index is 634. The van der Waals surface area contributed by atoms with Crippen molar-refractivity contribution >= 4 is 11.9 Å². The highest BCUT2D eigenvalue weighted by atomic mass is 16.4. The fourth-order valence-electron chi connectivity index (χ4n) is 3.13. The second kappa shape index (κ2) is 7.93. The highest BCUT2D eigenvalue weighted by Crippen LogP contribution is 2.25. The summed E-state index contributed by atoms with van der Waals surface area (Å²) in [6.45, 7) is 6.20. The van der Waals surface area contributed by atoms with E-state index in [-0.39, 0.29) is 18.4 Å². The predicted octanol–water partition coefficient (Wildman–Crippen LogP) is 1.72. The second-order valence-electron chi connectivity index (χ2n) is 6.58. The van der Waals surface area contributed by atoms with Gasteiger partial charge in [0.05, 0.1) is 18.1 Å². The first-order valence-corrected chi connectivity index (χ1v) is 8.16. The van der Waals surface area contributed by atoms with Crippen molar-refractivity contribution in [2.45, 2.75) is 26.3 Å². The van der Waals surface area contributed by atoms with Gasteiger partial charge in [0.15, 0.2) is 0 Å². The highest BCUT2D eigenvalue weighted by Gasteiger charge is 2.35. The summed E-state index contributed by atoms with van der Waals surface area (Å²) >= 11 is 0. The van der Waals surface area contributed by atoms with Crippen molar-refractivity contribution in [3.8, 4) is 6.07 Å². The summed E-state index contributed by atoms with van der Waals surface area (Å²) in [5.74, 6) is -0.274. The van der Waals surface area contributed by atoms with E-state index in [0.29, 0.717) is 36.1 Å². The average Bonchev–Trinajstić information content (AvgIpc) is 2.96. The van der Waals surface area contributed by atoms with E-state index in [1.165, 1.54) is 0 Å². The number of hydrogen-bond donors (Lipinski definition) is 2. The second-order valence-corrected chi connectivity index (χ2v) is 6.58. The normalized spacial score (nSPS) is 20.8. The van der Waals surface area contributed by atoms with Gasteiger partial charge in [-0.2, -0.15) is 5.26 Å². The Morgan fingerprint density at radius 2 is 2.00 bits per heavy atom. The van der Waals surface area contributed by atoms with Gasteiger partial charge in [-0.05, 0) is 36.1 Å². The lowest BCUT2D eigenvalue weighted by atomic mass is 9.91. The topological polar surface area (TPSA) is 93.4 Å². The molecule has 1 aliphatic rings. The molecule has 0 radical (unpaired) electrons. The summed E-state index contributed by atoms with van der Waals surface area (Å²) in [6, 6.07) is 8.58. The Kier molecular flexibility index (Phi) is 5.93. The molecule has 1 fully saturated rings. The maximum atomic E-state index is 12.4. The number of amides is 1. The molecule has 1 saturated heterocycles. The number of likely N-dealkylation sites (tertiary alicyclic amines) is 1. The molecule has 1 aromatic rings. The van der Waals surface area contributed by atoms with E-state index < -0.39 is 5.97 Å². The molecule has 0 bridgehead atoms. The molecule has 1 aromatic carbocycles. The third kappa shape index (κ3) is 4.56. The van der Waals surface area contributed by atoms with Gasteiger partial charge in [-0.25, -0.2) is 0 Å². The van der Waals surface area contributed by atoms with Crippen molar-refractivity contribution in [2.75, 3.05) is 19.6 Å². The summed E-state index contributed by atoms with van der Waals surface area (Å²) in [6.07, 6.45) is 0.112. The first-order chi connectivity index (χ1) is 11.4. The van der Waals surface area contributed by atoms with Gasteiger partial charge in [0.25, 0.3) is 5.91 Å². The molecule has 24 heavy (non-hydrogen) atoms. The molecule has 6 nitrogen and oxygen atoms in total. The van der Waals surface area contributed by atoms with E-state index in [9.17, 15) is 9.59 Å². The number of aliphatic carboxylic acids is 1. The molecule has 2 rings (SSSR count). The van der Waals surface area contributed by atoms with Crippen LogP contribution in [0.2, 0.25) is 0 Å². The van der Waals surface area contributed by atoms with E-state index in [1.807, 2.05) is 6.07 Å².